The summed E-state index contributed by atoms with van der Waals surface area (Å²) in [5.41, 5.74) is 5.17. The fourth-order valence-corrected chi connectivity index (χ4v) is 1.61. The van der Waals surface area contributed by atoms with Crippen molar-refractivity contribution < 1.29 is 13.2 Å². The highest BCUT2D eigenvalue weighted by atomic mass is 35.5. The molecule has 0 atom stereocenters. The molecule has 16 heavy (non-hydrogen) atoms. The van der Waals surface area contributed by atoms with Crippen molar-refractivity contribution in [2.24, 2.45) is 5.73 Å². The zero-order valence-electron chi connectivity index (χ0n) is 9.03. The van der Waals surface area contributed by atoms with Gasteiger partial charge in [0.15, 0.2) is 0 Å². The summed E-state index contributed by atoms with van der Waals surface area (Å²) in [4.78, 5) is 0. The van der Waals surface area contributed by atoms with Crippen LogP contribution in [0, 0.1) is 0 Å². The van der Waals surface area contributed by atoms with E-state index in [1.807, 2.05) is 0 Å². The van der Waals surface area contributed by atoms with Gasteiger partial charge < -0.3 is 5.73 Å². The van der Waals surface area contributed by atoms with E-state index in [1.54, 1.807) is 13.8 Å². The Balaban J connectivity index is 3.01. The van der Waals surface area contributed by atoms with Gasteiger partial charge in [-0.1, -0.05) is 17.7 Å². The lowest BCUT2D eigenvalue weighted by Gasteiger charge is -2.19. The quantitative estimate of drug-likeness (QED) is 0.853. The van der Waals surface area contributed by atoms with Crippen molar-refractivity contribution in [2.45, 2.75) is 32.0 Å². The van der Waals surface area contributed by atoms with Gasteiger partial charge in [-0.05, 0) is 38.0 Å². The van der Waals surface area contributed by atoms with E-state index in [9.17, 15) is 13.2 Å². The summed E-state index contributed by atoms with van der Waals surface area (Å²) in [6, 6.07) is 3.33. The first-order chi connectivity index (χ1) is 7.09. The van der Waals surface area contributed by atoms with Crippen LogP contribution in [0.1, 0.15) is 25.0 Å². The molecule has 0 saturated heterocycles. The first-order valence-electron chi connectivity index (χ1n) is 4.74. The molecular formula is C11H13ClF3N. The van der Waals surface area contributed by atoms with Crippen LogP contribution in [0.15, 0.2) is 18.2 Å². The van der Waals surface area contributed by atoms with Gasteiger partial charge in [-0.3, -0.25) is 0 Å². The molecule has 2 N–H and O–H groups in total. The largest absolute Gasteiger partial charge is 0.416 e. The van der Waals surface area contributed by atoms with E-state index < -0.39 is 17.3 Å². The van der Waals surface area contributed by atoms with Crippen LogP contribution in [0.3, 0.4) is 0 Å². The second-order valence-electron chi connectivity index (χ2n) is 4.47. The fourth-order valence-electron chi connectivity index (χ4n) is 1.36. The third kappa shape index (κ3) is 3.68. The monoisotopic (exact) mass is 251 g/mol. The second kappa shape index (κ2) is 4.26. The first-order valence-corrected chi connectivity index (χ1v) is 5.12. The highest BCUT2D eigenvalue weighted by molar-refractivity contribution is 6.31. The molecule has 0 saturated carbocycles. The van der Waals surface area contributed by atoms with E-state index in [1.165, 1.54) is 6.07 Å². The lowest BCUT2D eigenvalue weighted by atomic mass is 9.95. The van der Waals surface area contributed by atoms with Crippen LogP contribution in [0.5, 0.6) is 0 Å². The summed E-state index contributed by atoms with van der Waals surface area (Å²) in [5.74, 6) is 0. The minimum absolute atomic E-state index is 0.105. The topological polar surface area (TPSA) is 26.0 Å². The normalized spacial score (nSPS) is 12.9. The molecule has 0 aliphatic carbocycles. The standard InChI is InChI=1S/C11H13ClF3N/c1-10(2,16)6-7-3-4-8(5-9(7)12)11(13,14)15/h3-5H,6,16H2,1-2H3. The van der Waals surface area contributed by atoms with E-state index in [0.717, 1.165) is 12.1 Å². The molecule has 0 amide bonds. The molecule has 0 spiro atoms. The zero-order chi connectivity index (χ0) is 12.6. The molecule has 1 nitrogen and oxygen atoms in total. The maximum Gasteiger partial charge on any atom is 0.416 e. The Morgan fingerprint density at radius 2 is 1.81 bits per heavy atom. The Morgan fingerprint density at radius 3 is 2.19 bits per heavy atom. The van der Waals surface area contributed by atoms with Crippen LogP contribution < -0.4 is 5.73 Å². The van der Waals surface area contributed by atoms with Crippen molar-refractivity contribution in [3.63, 3.8) is 0 Å². The first kappa shape index (κ1) is 13.3. The van der Waals surface area contributed by atoms with E-state index in [0.29, 0.717) is 12.0 Å². The third-order valence-corrected chi connectivity index (χ3v) is 2.38. The van der Waals surface area contributed by atoms with Crippen molar-refractivity contribution in [1.82, 2.24) is 0 Å². The Bertz CT molecular complexity index is 380. The molecule has 0 unspecified atom stereocenters. The number of rotatable bonds is 2. The second-order valence-corrected chi connectivity index (χ2v) is 4.88. The fraction of sp³-hybridized carbons (Fsp3) is 0.455. The minimum Gasteiger partial charge on any atom is -0.325 e. The van der Waals surface area contributed by atoms with Gasteiger partial charge >= 0.3 is 6.18 Å². The number of nitrogens with two attached hydrogens (primary N) is 1. The third-order valence-electron chi connectivity index (χ3n) is 2.03. The van der Waals surface area contributed by atoms with Gasteiger partial charge in [0, 0.05) is 10.6 Å². The molecule has 1 aromatic rings. The van der Waals surface area contributed by atoms with Gasteiger partial charge in [-0.25, -0.2) is 0 Å². The molecule has 0 bridgehead atoms. The predicted octanol–water partition coefficient (Wildman–Crippen LogP) is 3.64. The van der Waals surface area contributed by atoms with Crippen LogP contribution in [0.25, 0.3) is 0 Å². The van der Waals surface area contributed by atoms with Crippen molar-refractivity contribution >= 4 is 11.6 Å². The molecule has 0 aliphatic heterocycles. The molecule has 1 rings (SSSR count). The van der Waals surface area contributed by atoms with Gasteiger partial charge in [0.2, 0.25) is 0 Å². The highest BCUT2D eigenvalue weighted by Gasteiger charge is 2.31. The lowest BCUT2D eigenvalue weighted by molar-refractivity contribution is -0.137. The number of halogens is 4. The van der Waals surface area contributed by atoms with Crippen LogP contribution in [0.2, 0.25) is 5.02 Å². The van der Waals surface area contributed by atoms with Crippen LogP contribution in [-0.4, -0.2) is 5.54 Å². The highest BCUT2D eigenvalue weighted by Crippen LogP contribution is 2.32. The summed E-state index contributed by atoms with van der Waals surface area (Å²) < 4.78 is 37.1. The van der Waals surface area contributed by atoms with Crippen LogP contribution in [0.4, 0.5) is 13.2 Å². The van der Waals surface area contributed by atoms with Gasteiger partial charge in [-0.2, -0.15) is 13.2 Å². The summed E-state index contributed by atoms with van der Waals surface area (Å²) in [7, 11) is 0. The molecule has 0 aliphatic rings. The summed E-state index contributed by atoms with van der Waals surface area (Å²) in [6.07, 6.45) is -3.93. The number of hydrogen-bond donors (Lipinski definition) is 1. The van der Waals surface area contributed by atoms with E-state index in [-0.39, 0.29) is 5.02 Å². The van der Waals surface area contributed by atoms with Gasteiger partial charge in [0.25, 0.3) is 0 Å². The maximum absolute atomic E-state index is 12.4. The van der Waals surface area contributed by atoms with Crippen LogP contribution >= 0.6 is 11.6 Å². The molecule has 0 heterocycles. The Hall–Kier alpha value is -0.740. The van der Waals surface area contributed by atoms with Crippen molar-refractivity contribution in [3.8, 4) is 0 Å². The van der Waals surface area contributed by atoms with Gasteiger partial charge in [-0.15, -0.1) is 0 Å². The lowest BCUT2D eigenvalue weighted by Crippen LogP contribution is -2.34. The summed E-state index contributed by atoms with van der Waals surface area (Å²) >= 11 is 5.79. The Morgan fingerprint density at radius 1 is 1.25 bits per heavy atom. The Labute approximate surface area is 97.4 Å². The van der Waals surface area contributed by atoms with E-state index >= 15 is 0 Å². The number of alkyl halides is 3. The summed E-state index contributed by atoms with van der Waals surface area (Å²) in [6.45, 7) is 3.59. The molecular weight excluding hydrogens is 239 g/mol. The average molecular weight is 252 g/mol. The average Bonchev–Trinajstić information content (AvgIpc) is 2.04. The SMILES string of the molecule is CC(C)(N)Cc1ccc(C(F)(F)F)cc1Cl. The van der Waals surface area contributed by atoms with Crippen molar-refractivity contribution in [2.75, 3.05) is 0 Å². The van der Waals surface area contributed by atoms with Crippen molar-refractivity contribution in [3.05, 3.63) is 34.3 Å². The van der Waals surface area contributed by atoms with Gasteiger partial charge in [0.05, 0.1) is 5.56 Å². The summed E-state index contributed by atoms with van der Waals surface area (Å²) in [5, 5.41) is 0.105. The molecule has 0 fully saturated rings. The zero-order valence-corrected chi connectivity index (χ0v) is 9.78. The minimum atomic E-state index is -4.36. The van der Waals surface area contributed by atoms with E-state index in [2.05, 4.69) is 0 Å². The van der Waals surface area contributed by atoms with Gasteiger partial charge in [0.1, 0.15) is 0 Å². The molecule has 5 heteroatoms. The molecule has 0 aromatic heterocycles. The smallest absolute Gasteiger partial charge is 0.325 e. The Kier molecular flexibility index (Phi) is 3.55. The molecule has 1 aromatic carbocycles. The molecule has 90 valence electrons. The number of benzene rings is 1. The maximum atomic E-state index is 12.4. The predicted molar refractivity (Wildman–Crippen MR) is 58.4 cm³/mol. The van der Waals surface area contributed by atoms with Crippen molar-refractivity contribution in [1.29, 1.82) is 0 Å². The molecule has 0 radical (unpaired) electrons. The van der Waals surface area contributed by atoms with Crippen LogP contribution in [-0.2, 0) is 12.6 Å². The van der Waals surface area contributed by atoms with E-state index in [4.69, 9.17) is 17.3 Å². The number of hydrogen-bond acceptors (Lipinski definition) is 1.